The number of aromatic nitrogens is 2. The van der Waals surface area contributed by atoms with Crippen molar-refractivity contribution >= 4 is 0 Å². The first-order chi connectivity index (χ1) is 6.86. The molecular formula is C10H17N3O. The molecule has 0 amide bonds. The molecule has 78 valence electrons. The van der Waals surface area contributed by atoms with E-state index >= 15 is 0 Å². The molecule has 4 heteroatoms. The molecular weight excluding hydrogens is 178 g/mol. The maximum atomic E-state index is 5.30. The first-order valence-corrected chi connectivity index (χ1v) is 5.15. The number of hydrogen-bond acceptors (Lipinski definition) is 3. The molecule has 0 unspecified atom stereocenters. The summed E-state index contributed by atoms with van der Waals surface area (Å²) in [6, 6.07) is 2.04. The molecule has 2 heterocycles. The maximum Gasteiger partial charge on any atom is 0.0594 e. The lowest BCUT2D eigenvalue weighted by atomic mass is 10.4. The third-order valence-electron chi connectivity index (χ3n) is 2.66. The number of ether oxygens (including phenoxy) is 1. The van der Waals surface area contributed by atoms with Crippen LogP contribution in [0.2, 0.25) is 0 Å². The molecule has 2 rings (SSSR count). The van der Waals surface area contributed by atoms with E-state index in [0.29, 0.717) is 0 Å². The molecule has 0 bridgehead atoms. The topological polar surface area (TPSA) is 30.3 Å². The zero-order chi connectivity index (χ0) is 9.80. The van der Waals surface area contributed by atoms with E-state index in [9.17, 15) is 0 Å². The highest BCUT2D eigenvalue weighted by molar-refractivity contribution is 4.96. The van der Waals surface area contributed by atoms with Gasteiger partial charge in [-0.3, -0.25) is 9.58 Å². The van der Waals surface area contributed by atoms with Crippen molar-refractivity contribution in [2.45, 2.75) is 13.5 Å². The van der Waals surface area contributed by atoms with E-state index in [1.807, 2.05) is 12.3 Å². The zero-order valence-corrected chi connectivity index (χ0v) is 8.65. The summed E-state index contributed by atoms with van der Waals surface area (Å²) in [7, 11) is 0. The second-order valence-corrected chi connectivity index (χ2v) is 3.65. The van der Waals surface area contributed by atoms with Gasteiger partial charge in [-0.05, 0) is 13.0 Å². The van der Waals surface area contributed by atoms with Crippen LogP contribution in [0.15, 0.2) is 12.3 Å². The summed E-state index contributed by atoms with van der Waals surface area (Å²) in [4.78, 5) is 2.42. The predicted octanol–water partition coefficient (Wildman–Crippen LogP) is 0.524. The molecule has 0 atom stereocenters. The molecule has 0 radical (unpaired) electrons. The van der Waals surface area contributed by atoms with Gasteiger partial charge >= 0.3 is 0 Å². The normalized spacial score (nSPS) is 18.6. The molecule has 0 N–H and O–H groups in total. The maximum absolute atomic E-state index is 5.30. The van der Waals surface area contributed by atoms with Gasteiger partial charge in [0, 0.05) is 31.5 Å². The van der Waals surface area contributed by atoms with E-state index < -0.39 is 0 Å². The highest BCUT2D eigenvalue weighted by Crippen LogP contribution is 1.99. The Morgan fingerprint density at radius 2 is 2.14 bits per heavy atom. The van der Waals surface area contributed by atoms with Crippen LogP contribution in [0.3, 0.4) is 0 Å². The quantitative estimate of drug-likeness (QED) is 0.704. The summed E-state index contributed by atoms with van der Waals surface area (Å²) in [5.41, 5.74) is 1.23. The molecule has 0 spiro atoms. The fourth-order valence-corrected chi connectivity index (χ4v) is 1.69. The largest absolute Gasteiger partial charge is 0.379 e. The van der Waals surface area contributed by atoms with Gasteiger partial charge < -0.3 is 4.74 Å². The van der Waals surface area contributed by atoms with Crippen molar-refractivity contribution in [3.05, 3.63) is 18.0 Å². The predicted molar refractivity (Wildman–Crippen MR) is 54.2 cm³/mol. The van der Waals surface area contributed by atoms with Gasteiger partial charge in [-0.1, -0.05) is 0 Å². The highest BCUT2D eigenvalue weighted by atomic mass is 16.5. The number of hydrogen-bond donors (Lipinski definition) is 0. The molecule has 4 nitrogen and oxygen atoms in total. The van der Waals surface area contributed by atoms with Crippen molar-refractivity contribution < 1.29 is 4.74 Å². The SMILES string of the molecule is Cc1ccnn1CCN1CCOCC1. The molecule has 1 aliphatic rings. The minimum Gasteiger partial charge on any atom is -0.379 e. The number of rotatable bonds is 3. The Balaban J connectivity index is 1.79. The van der Waals surface area contributed by atoms with Crippen molar-refractivity contribution in [3.8, 4) is 0 Å². The van der Waals surface area contributed by atoms with E-state index in [2.05, 4.69) is 21.6 Å². The first kappa shape index (κ1) is 9.68. The van der Waals surface area contributed by atoms with Gasteiger partial charge in [-0.15, -0.1) is 0 Å². The van der Waals surface area contributed by atoms with Crippen LogP contribution in [0.4, 0.5) is 0 Å². The standard InChI is InChI=1S/C10H17N3O/c1-10-2-3-11-13(10)5-4-12-6-8-14-9-7-12/h2-3H,4-9H2,1H3. The van der Waals surface area contributed by atoms with Crippen LogP contribution in [-0.4, -0.2) is 47.5 Å². The Morgan fingerprint density at radius 1 is 1.36 bits per heavy atom. The number of nitrogens with zero attached hydrogens (tertiary/aromatic N) is 3. The monoisotopic (exact) mass is 195 g/mol. The van der Waals surface area contributed by atoms with Gasteiger partial charge in [-0.25, -0.2) is 0 Å². The molecule has 14 heavy (non-hydrogen) atoms. The third kappa shape index (κ3) is 2.33. The number of morpholine rings is 1. The first-order valence-electron chi connectivity index (χ1n) is 5.15. The average molecular weight is 195 g/mol. The summed E-state index contributed by atoms with van der Waals surface area (Å²) in [6.07, 6.45) is 1.86. The van der Waals surface area contributed by atoms with Crippen LogP contribution < -0.4 is 0 Å². The molecule has 0 aromatic carbocycles. The van der Waals surface area contributed by atoms with Crippen LogP contribution in [-0.2, 0) is 11.3 Å². The van der Waals surface area contributed by atoms with Gasteiger partial charge in [0.05, 0.1) is 19.8 Å². The minimum atomic E-state index is 0.873. The molecule has 1 aliphatic heterocycles. The molecule has 0 saturated carbocycles. The van der Waals surface area contributed by atoms with Crippen LogP contribution in [0.25, 0.3) is 0 Å². The van der Waals surface area contributed by atoms with Crippen LogP contribution in [0, 0.1) is 6.92 Å². The van der Waals surface area contributed by atoms with E-state index in [0.717, 1.165) is 39.4 Å². The molecule has 0 aliphatic carbocycles. The van der Waals surface area contributed by atoms with Gasteiger partial charge in [-0.2, -0.15) is 5.10 Å². The Labute approximate surface area is 84.5 Å². The molecule has 1 fully saturated rings. The summed E-state index contributed by atoms with van der Waals surface area (Å²) in [6.45, 7) is 8.01. The van der Waals surface area contributed by atoms with Crippen LogP contribution in [0.1, 0.15) is 5.69 Å². The van der Waals surface area contributed by atoms with Crippen molar-refractivity contribution in [3.63, 3.8) is 0 Å². The van der Waals surface area contributed by atoms with E-state index in [4.69, 9.17) is 4.74 Å². The Morgan fingerprint density at radius 3 is 2.79 bits per heavy atom. The van der Waals surface area contributed by atoms with Crippen molar-refractivity contribution in [2.24, 2.45) is 0 Å². The third-order valence-corrected chi connectivity index (χ3v) is 2.66. The summed E-state index contributed by atoms with van der Waals surface area (Å²) in [5, 5.41) is 4.26. The molecule has 1 aromatic rings. The summed E-state index contributed by atoms with van der Waals surface area (Å²) >= 11 is 0. The summed E-state index contributed by atoms with van der Waals surface area (Å²) in [5.74, 6) is 0. The second-order valence-electron chi connectivity index (χ2n) is 3.65. The Bertz CT molecular complexity index is 279. The van der Waals surface area contributed by atoms with Gasteiger partial charge in [0.25, 0.3) is 0 Å². The fraction of sp³-hybridized carbons (Fsp3) is 0.700. The smallest absolute Gasteiger partial charge is 0.0594 e. The average Bonchev–Trinajstić information content (AvgIpc) is 2.63. The highest BCUT2D eigenvalue weighted by Gasteiger charge is 2.09. The minimum absolute atomic E-state index is 0.873. The van der Waals surface area contributed by atoms with Crippen molar-refractivity contribution in [2.75, 3.05) is 32.8 Å². The van der Waals surface area contributed by atoms with E-state index in [1.54, 1.807) is 0 Å². The van der Waals surface area contributed by atoms with Crippen molar-refractivity contribution in [1.82, 2.24) is 14.7 Å². The van der Waals surface area contributed by atoms with E-state index in [-0.39, 0.29) is 0 Å². The van der Waals surface area contributed by atoms with Crippen LogP contribution in [0.5, 0.6) is 0 Å². The van der Waals surface area contributed by atoms with Crippen LogP contribution >= 0.6 is 0 Å². The van der Waals surface area contributed by atoms with Crippen molar-refractivity contribution in [1.29, 1.82) is 0 Å². The second kappa shape index (κ2) is 4.57. The lowest BCUT2D eigenvalue weighted by Gasteiger charge is -2.26. The lowest BCUT2D eigenvalue weighted by Crippen LogP contribution is -2.38. The van der Waals surface area contributed by atoms with Gasteiger partial charge in [0.15, 0.2) is 0 Å². The number of aryl methyl sites for hydroxylation is 1. The Hall–Kier alpha value is -0.870. The molecule has 1 aromatic heterocycles. The Kier molecular flexibility index (Phi) is 3.16. The summed E-state index contributed by atoms with van der Waals surface area (Å²) < 4.78 is 7.35. The van der Waals surface area contributed by atoms with Gasteiger partial charge in [0.2, 0.25) is 0 Å². The lowest BCUT2D eigenvalue weighted by molar-refractivity contribution is 0.0359. The van der Waals surface area contributed by atoms with Gasteiger partial charge in [0.1, 0.15) is 0 Å². The molecule has 1 saturated heterocycles. The van der Waals surface area contributed by atoms with E-state index in [1.165, 1.54) is 5.69 Å². The fourth-order valence-electron chi connectivity index (χ4n) is 1.69. The zero-order valence-electron chi connectivity index (χ0n) is 8.65.